The summed E-state index contributed by atoms with van der Waals surface area (Å²) in [5.41, 5.74) is 5.95. The summed E-state index contributed by atoms with van der Waals surface area (Å²) in [7, 11) is 0. The summed E-state index contributed by atoms with van der Waals surface area (Å²) in [5.74, 6) is 0. The SMILES string of the molecule is Cc1cc(C)c(CNc2c(Cl)cccc2Cl)cc1C. The van der Waals surface area contributed by atoms with Gasteiger partial charge in [0.05, 0.1) is 15.7 Å². The molecule has 3 heteroatoms. The Bertz CT molecular complexity index is 586. The van der Waals surface area contributed by atoms with Gasteiger partial charge < -0.3 is 5.32 Å². The quantitative estimate of drug-likeness (QED) is 0.784. The van der Waals surface area contributed by atoms with Gasteiger partial charge in [0.1, 0.15) is 0 Å². The molecule has 2 aromatic rings. The van der Waals surface area contributed by atoms with Gasteiger partial charge in [-0.15, -0.1) is 0 Å². The maximum atomic E-state index is 6.15. The number of anilines is 1. The molecule has 0 amide bonds. The van der Waals surface area contributed by atoms with Gasteiger partial charge in [0.25, 0.3) is 0 Å². The summed E-state index contributed by atoms with van der Waals surface area (Å²) >= 11 is 12.3. The molecule has 0 atom stereocenters. The molecule has 0 saturated carbocycles. The smallest absolute Gasteiger partial charge is 0.0721 e. The van der Waals surface area contributed by atoms with Crippen LogP contribution >= 0.6 is 23.2 Å². The van der Waals surface area contributed by atoms with Crippen molar-refractivity contribution in [2.24, 2.45) is 0 Å². The second kappa shape index (κ2) is 5.85. The molecule has 0 aromatic heterocycles. The summed E-state index contributed by atoms with van der Waals surface area (Å²) in [5, 5.41) is 4.62. The van der Waals surface area contributed by atoms with E-state index in [1.54, 1.807) is 0 Å². The Kier molecular flexibility index (Phi) is 4.38. The highest BCUT2D eigenvalue weighted by molar-refractivity contribution is 6.39. The lowest BCUT2D eigenvalue weighted by Crippen LogP contribution is -2.03. The Labute approximate surface area is 124 Å². The third-order valence-electron chi connectivity index (χ3n) is 3.37. The van der Waals surface area contributed by atoms with Crippen LogP contribution in [0.5, 0.6) is 0 Å². The maximum absolute atomic E-state index is 6.15. The largest absolute Gasteiger partial charge is 0.379 e. The van der Waals surface area contributed by atoms with E-state index in [4.69, 9.17) is 23.2 Å². The molecule has 2 aromatic carbocycles. The fraction of sp³-hybridized carbons (Fsp3) is 0.250. The Hall–Kier alpha value is -1.18. The minimum atomic E-state index is 0.647. The van der Waals surface area contributed by atoms with Crippen molar-refractivity contribution in [3.05, 3.63) is 62.6 Å². The van der Waals surface area contributed by atoms with Crippen LogP contribution in [-0.4, -0.2) is 0 Å². The number of para-hydroxylation sites is 1. The molecule has 100 valence electrons. The number of hydrogen-bond acceptors (Lipinski definition) is 1. The van der Waals surface area contributed by atoms with Gasteiger partial charge in [-0.3, -0.25) is 0 Å². The molecule has 0 heterocycles. The van der Waals surface area contributed by atoms with Gasteiger partial charge in [0.2, 0.25) is 0 Å². The van der Waals surface area contributed by atoms with Crippen LogP contribution in [-0.2, 0) is 6.54 Å². The first-order valence-corrected chi connectivity index (χ1v) is 6.99. The second-order valence-corrected chi connectivity index (χ2v) is 5.63. The third kappa shape index (κ3) is 3.23. The highest BCUT2D eigenvalue weighted by atomic mass is 35.5. The molecule has 1 N–H and O–H groups in total. The standard InChI is InChI=1S/C16H17Cl2N/c1-10-7-12(3)13(8-11(10)2)9-19-16-14(17)5-4-6-15(16)18/h4-8,19H,9H2,1-3H3. The number of rotatable bonds is 3. The summed E-state index contributed by atoms with van der Waals surface area (Å²) in [6, 6.07) is 9.94. The predicted octanol–water partition coefficient (Wildman–Crippen LogP) is 5.53. The average Bonchev–Trinajstić information content (AvgIpc) is 2.34. The van der Waals surface area contributed by atoms with Gasteiger partial charge in [-0.2, -0.15) is 0 Å². The van der Waals surface area contributed by atoms with Gasteiger partial charge in [-0.25, -0.2) is 0 Å². The van der Waals surface area contributed by atoms with E-state index in [1.807, 2.05) is 18.2 Å². The number of benzene rings is 2. The minimum Gasteiger partial charge on any atom is -0.379 e. The van der Waals surface area contributed by atoms with Crippen molar-refractivity contribution in [3.63, 3.8) is 0 Å². The zero-order valence-corrected chi connectivity index (χ0v) is 12.9. The van der Waals surface area contributed by atoms with Gasteiger partial charge in [-0.05, 0) is 55.2 Å². The van der Waals surface area contributed by atoms with Crippen molar-refractivity contribution in [1.82, 2.24) is 0 Å². The maximum Gasteiger partial charge on any atom is 0.0721 e. The molecule has 0 saturated heterocycles. The third-order valence-corrected chi connectivity index (χ3v) is 4.00. The zero-order valence-electron chi connectivity index (χ0n) is 11.3. The first kappa shape index (κ1) is 14.2. The highest BCUT2D eigenvalue weighted by Crippen LogP contribution is 2.30. The fourth-order valence-electron chi connectivity index (χ4n) is 2.06. The molecule has 0 bridgehead atoms. The van der Waals surface area contributed by atoms with Crippen LogP contribution in [0.15, 0.2) is 30.3 Å². The summed E-state index contributed by atoms with van der Waals surface area (Å²) in [4.78, 5) is 0. The van der Waals surface area contributed by atoms with Gasteiger partial charge in [0.15, 0.2) is 0 Å². The van der Waals surface area contributed by atoms with Crippen LogP contribution < -0.4 is 5.32 Å². The summed E-state index contributed by atoms with van der Waals surface area (Å²) in [6.45, 7) is 7.10. The van der Waals surface area contributed by atoms with E-state index >= 15 is 0 Å². The molecule has 19 heavy (non-hydrogen) atoms. The average molecular weight is 294 g/mol. The van der Waals surface area contributed by atoms with Crippen LogP contribution in [0.4, 0.5) is 5.69 Å². The molecule has 0 fully saturated rings. The van der Waals surface area contributed by atoms with Crippen LogP contribution in [0.3, 0.4) is 0 Å². The van der Waals surface area contributed by atoms with E-state index < -0.39 is 0 Å². The minimum absolute atomic E-state index is 0.647. The zero-order chi connectivity index (χ0) is 14.0. The Morgan fingerprint density at radius 2 is 1.47 bits per heavy atom. The monoisotopic (exact) mass is 293 g/mol. The van der Waals surface area contributed by atoms with Gasteiger partial charge in [-0.1, -0.05) is 41.4 Å². The lowest BCUT2D eigenvalue weighted by Gasteiger charge is -2.13. The van der Waals surface area contributed by atoms with E-state index in [-0.39, 0.29) is 0 Å². The molecular formula is C16H17Cl2N. The van der Waals surface area contributed by atoms with Gasteiger partial charge >= 0.3 is 0 Å². The van der Waals surface area contributed by atoms with E-state index in [2.05, 4.69) is 38.2 Å². The van der Waals surface area contributed by atoms with Crippen molar-refractivity contribution in [2.75, 3.05) is 5.32 Å². The summed E-state index contributed by atoms with van der Waals surface area (Å²) in [6.07, 6.45) is 0. The molecular weight excluding hydrogens is 277 g/mol. The van der Waals surface area contributed by atoms with E-state index in [9.17, 15) is 0 Å². The topological polar surface area (TPSA) is 12.0 Å². The van der Waals surface area contributed by atoms with Crippen molar-refractivity contribution in [2.45, 2.75) is 27.3 Å². The lowest BCUT2D eigenvalue weighted by atomic mass is 10.0. The highest BCUT2D eigenvalue weighted by Gasteiger charge is 2.06. The normalized spacial score (nSPS) is 10.6. The first-order chi connectivity index (χ1) is 8.99. The van der Waals surface area contributed by atoms with Crippen LogP contribution in [0.2, 0.25) is 10.0 Å². The summed E-state index contributed by atoms with van der Waals surface area (Å²) < 4.78 is 0. The van der Waals surface area contributed by atoms with Gasteiger partial charge in [0, 0.05) is 6.54 Å². The molecule has 0 aliphatic heterocycles. The van der Waals surface area contributed by atoms with E-state index in [0.717, 1.165) is 12.2 Å². The Balaban J connectivity index is 2.22. The number of nitrogens with one attached hydrogen (secondary N) is 1. The fourth-order valence-corrected chi connectivity index (χ4v) is 2.59. The van der Waals surface area contributed by atoms with Crippen molar-refractivity contribution in [1.29, 1.82) is 0 Å². The Morgan fingerprint density at radius 1 is 0.895 bits per heavy atom. The molecule has 0 aliphatic rings. The molecule has 2 rings (SSSR count). The number of aryl methyl sites for hydroxylation is 3. The Morgan fingerprint density at radius 3 is 2.11 bits per heavy atom. The molecule has 0 aliphatic carbocycles. The molecule has 1 nitrogen and oxygen atoms in total. The number of hydrogen-bond donors (Lipinski definition) is 1. The van der Waals surface area contributed by atoms with E-state index in [1.165, 1.54) is 22.3 Å². The van der Waals surface area contributed by atoms with Crippen molar-refractivity contribution in [3.8, 4) is 0 Å². The number of halogens is 2. The molecule has 0 unspecified atom stereocenters. The van der Waals surface area contributed by atoms with Crippen molar-refractivity contribution >= 4 is 28.9 Å². The van der Waals surface area contributed by atoms with Crippen molar-refractivity contribution < 1.29 is 0 Å². The molecule has 0 radical (unpaired) electrons. The van der Waals surface area contributed by atoms with Crippen LogP contribution in [0.1, 0.15) is 22.3 Å². The second-order valence-electron chi connectivity index (χ2n) is 4.81. The van der Waals surface area contributed by atoms with E-state index in [0.29, 0.717) is 10.0 Å². The van der Waals surface area contributed by atoms with Crippen LogP contribution in [0.25, 0.3) is 0 Å². The first-order valence-electron chi connectivity index (χ1n) is 6.23. The van der Waals surface area contributed by atoms with Crippen LogP contribution in [0, 0.1) is 20.8 Å². The predicted molar refractivity (Wildman–Crippen MR) is 84.4 cm³/mol. The lowest BCUT2D eigenvalue weighted by molar-refractivity contribution is 1.10. The molecule has 0 spiro atoms.